The first kappa shape index (κ1) is 20.2. The Hall–Kier alpha value is -4.06. The van der Waals surface area contributed by atoms with Crippen LogP contribution >= 0.6 is 0 Å². The number of methoxy groups -OCH3 is 2. The number of carbonyl (C=O) groups is 1. The SMILES string of the molecule is COc1cc2nccc(Oc3ccc(NC(=O)Cc4ccccc4)cc3)c2cc1OC. The Kier molecular flexibility index (Phi) is 5.98. The van der Waals surface area contributed by atoms with E-state index in [-0.39, 0.29) is 5.91 Å². The molecule has 1 N–H and O–H groups in total. The van der Waals surface area contributed by atoms with Crippen molar-refractivity contribution >= 4 is 22.5 Å². The highest BCUT2D eigenvalue weighted by Crippen LogP contribution is 2.36. The van der Waals surface area contributed by atoms with Crippen molar-refractivity contribution < 1.29 is 19.0 Å². The van der Waals surface area contributed by atoms with Gasteiger partial charge in [0.2, 0.25) is 5.91 Å². The first-order chi connectivity index (χ1) is 15.2. The van der Waals surface area contributed by atoms with Crippen molar-refractivity contribution in [2.45, 2.75) is 6.42 Å². The van der Waals surface area contributed by atoms with Crippen LogP contribution < -0.4 is 19.5 Å². The third-order valence-corrected chi connectivity index (χ3v) is 4.78. The van der Waals surface area contributed by atoms with Crippen LogP contribution in [0.25, 0.3) is 10.9 Å². The van der Waals surface area contributed by atoms with Crippen molar-refractivity contribution in [2.24, 2.45) is 0 Å². The van der Waals surface area contributed by atoms with Crippen molar-refractivity contribution in [1.29, 1.82) is 0 Å². The maximum Gasteiger partial charge on any atom is 0.228 e. The van der Waals surface area contributed by atoms with Gasteiger partial charge in [0.25, 0.3) is 0 Å². The van der Waals surface area contributed by atoms with Gasteiger partial charge in [-0.2, -0.15) is 0 Å². The molecule has 0 aliphatic heterocycles. The van der Waals surface area contributed by atoms with E-state index in [9.17, 15) is 4.79 Å². The van der Waals surface area contributed by atoms with Gasteiger partial charge >= 0.3 is 0 Å². The summed E-state index contributed by atoms with van der Waals surface area (Å²) in [6.07, 6.45) is 2.01. The highest BCUT2D eigenvalue weighted by molar-refractivity contribution is 5.92. The second-order valence-electron chi connectivity index (χ2n) is 6.87. The molecule has 156 valence electrons. The van der Waals surface area contributed by atoms with E-state index in [0.29, 0.717) is 35.1 Å². The third-order valence-electron chi connectivity index (χ3n) is 4.78. The lowest BCUT2D eigenvalue weighted by atomic mass is 10.1. The summed E-state index contributed by atoms with van der Waals surface area (Å²) in [5.74, 6) is 2.43. The van der Waals surface area contributed by atoms with Crippen LogP contribution in [0, 0.1) is 0 Å². The first-order valence-corrected chi connectivity index (χ1v) is 9.78. The maximum atomic E-state index is 12.2. The summed E-state index contributed by atoms with van der Waals surface area (Å²) in [5, 5.41) is 3.71. The molecule has 1 aromatic heterocycles. The van der Waals surface area contributed by atoms with Crippen molar-refractivity contribution in [3.63, 3.8) is 0 Å². The molecule has 3 aromatic carbocycles. The zero-order valence-electron chi connectivity index (χ0n) is 17.3. The Labute approximate surface area is 180 Å². The van der Waals surface area contributed by atoms with Gasteiger partial charge in [-0.3, -0.25) is 9.78 Å². The van der Waals surface area contributed by atoms with E-state index in [1.54, 1.807) is 26.5 Å². The highest BCUT2D eigenvalue weighted by Gasteiger charge is 2.11. The number of benzene rings is 3. The van der Waals surface area contributed by atoms with Crippen molar-refractivity contribution in [1.82, 2.24) is 4.98 Å². The van der Waals surface area contributed by atoms with E-state index in [1.165, 1.54) is 0 Å². The number of nitrogens with zero attached hydrogens (tertiary/aromatic N) is 1. The molecule has 0 bridgehead atoms. The monoisotopic (exact) mass is 414 g/mol. The Balaban J connectivity index is 1.49. The molecule has 1 heterocycles. The van der Waals surface area contributed by atoms with Gasteiger partial charge in [-0.15, -0.1) is 0 Å². The second kappa shape index (κ2) is 9.17. The number of hydrogen-bond acceptors (Lipinski definition) is 5. The summed E-state index contributed by atoms with van der Waals surface area (Å²) in [7, 11) is 3.18. The molecule has 6 heteroatoms. The van der Waals surface area contributed by atoms with Gasteiger partial charge in [0.1, 0.15) is 11.5 Å². The van der Waals surface area contributed by atoms with Crippen LogP contribution in [0.15, 0.2) is 79.0 Å². The summed E-state index contributed by atoms with van der Waals surface area (Å²) in [6, 6.07) is 22.3. The van der Waals surface area contributed by atoms with Crippen LogP contribution in [0.4, 0.5) is 5.69 Å². The standard InChI is InChI=1S/C25H22N2O4/c1-29-23-15-20-21(16-24(23)30-2)26-13-12-22(20)31-19-10-8-18(9-11-19)27-25(28)14-17-6-4-3-5-7-17/h3-13,15-16H,14H2,1-2H3,(H,27,28). The molecule has 6 nitrogen and oxygen atoms in total. The number of hydrogen-bond donors (Lipinski definition) is 1. The van der Waals surface area contributed by atoms with E-state index in [2.05, 4.69) is 10.3 Å². The molecule has 0 saturated carbocycles. The van der Waals surface area contributed by atoms with Gasteiger partial charge in [0.05, 0.1) is 26.2 Å². The lowest BCUT2D eigenvalue weighted by Gasteiger charge is -2.12. The molecule has 0 saturated heterocycles. The highest BCUT2D eigenvalue weighted by atomic mass is 16.5. The summed E-state index contributed by atoms with van der Waals surface area (Å²) in [6.45, 7) is 0. The van der Waals surface area contributed by atoms with E-state index in [1.807, 2.05) is 66.7 Å². The number of pyridine rings is 1. The molecule has 0 atom stereocenters. The van der Waals surface area contributed by atoms with Crippen LogP contribution in [0.3, 0.4) is 0 Å². The first-order valence-electron chi connectivity index (χ1n) is 9.78. The number of fused-ring (bicyclic) bond motifs is 1. The van der Waals surface area contributed by atoms with Gasteiger partial charge in [-0.25, -0.2) is 0 Å². The summed E-state index contributed by atoms with van der Waals surface area (Å²) >= 11 is 0. The van der Waals surface area contributed by atoms with Crippen LogP contribution in [-0.4, -0.2) is 25.1 Å². The number of amides is 1. The molecule has 4 aromatic rings. The van der Waals surface area contributed by atoms with Gasteiger partial charge in [-0.05, 0) is 42.0 Å². The number of carbonyl (C=O) groups excluding carboxylic acids is 1. The average molecular weight is 414 g/mol. The molecule has 31 heavy (non-hydrogen) atoms. The fraction of sp³-hybridized carbons (Fsp3) is 0.120. The topological polar surface area (TPSA) is 69.7 Å². The Morgan fingerprint density at radius 1 is 0.871 bits per heavy atom. The molecule has 0 spiro atoms. The van der Waals surface area contributed by atoms with E-state index in [4.69, 9.17) is 14.2 Å². The third kappa shape index (κ3) is 4.75. The smallest absolute Gasteiger partial charge is 0.228 e. The van der Waals surface area contributed by atoms with Crippen LogP contribution in [0.2, 0.25) is 0 Å². The molecule has 0 aliphatic rings. The maximum absolute atomic E-state index is 12.2. The minimum Gasteiger partial charge on any atom is -0.493 e. The zero-order valence-corrected chi connectivity index (χ0v) is 17.3. The number of nitrogens with one attached hydrogen (secondary N) is 1. The Bertz CT molecular complexity index is 1190. The molecule has 4 rings (SSSR count). The minimum atomic E-state index is -0.0685. The normalized spacial score (nSPS) is 10.5. The summed E-state index contributed by atoms with van der Waals surface area (Å²) < 4.78 is 16.8. The number of aromatic nitrogens is 1. The van der Waals surface area contributed by atoms with Crippen LogP contribution in [-0.2, 0) is 11.2 Å². The average Bonchev–Trinajstić information content (AvgIpc) is 2.80. The largest absolute Gasteiger partial charge is 0.493 e. The second-order valence-corrected chi connectivity index (χ2v) is 6.87. The van der Waals surface area contributed by atoms with Gasteiger partial charge in [0, 0.05) is 23.3 Å². The number of rotatable bonds is 7. The Morgan fingerprint density at radius 2 is 1.58 bits per heavy atom. The van der Waals surface area contributed by atoms with E-state index < -0.39 is 0 Å². The zero-order chi connectivity index (χ0) is 21.6. The predicted octanol–water partition coefficient (Wildman–Crippen LogP) is 5.23. The summed E-state index contributed by atoms with van der Waals surface area (Å²) in [5.41, 5.74) is 2.41. The lowest BCUT2D eigenvalue weighted by Crippen LogP contribution is -2.14. The van der Waals surface area contributed by atoms with Gasteiger partial charge in [-0.1, -0.05) is 30.3 Å². The van der Waals surface area contributed by atoms with Crippen molar-refractivity contribution in [2.75, 3.05) is 19.5 Å². The Morgan fingerprint density at radius 3 is 2.29 bits per heavy atom. The molecule has 1 amide bonds. The van der Waals surface area contributed by atoms with Gasteiger partial charge < -0.3 is 19.5 Å². The van der Waals surface area contributed by atoms with Gasteiger partial charge in [0.15, 0.2) is 11.5 Å². The predicted molar refractivity (Wildman–Crippen MR) is 120 cm³/mol. The molecular formula is C25H22N2O4. The number of ether oxygens (including phenoxy) is 3. The summed E-state index contributed by atoms with van der Waals surface area (Å²) in [4.78, 5) is 16.6. The van der Waals surface area contributed by atoms with E-state index >= 15 is 0 Å². The fourth-order valence-corrected chi connectivity index (χ4v) is 3.26. The molecule has 0 aliphatic carbocycles. The molecule has 0 radical (unpaired) electrons. The van der Waals surface area contributed by atoms with Crippen LogP contribution in [0.5, 0.6) is 23.0 Å². The van der Waals surface area contributed by atoms with Crippen molar-refractivity contribution in [3.8, 4) is 23.0 Å². The van der Waals surface area contributed by atoms with E-state index in [0.717, 1.165) is 16.5 Å². The lowest BCUT2D eigenvalue weighted by molar-refractivity contribution is -0.115. The molecule has 0 fully saturated rings. The van der Waals surface area contributed by atoms with Crippen LogP contribution in [0.1, 0.15) is 5.56 Å². The fourth-order valence-electron chi connectivity index (χ4n) is 3.26. The minimum absolute atomic E-state index is 0.0685. The number of anilines is 1. The van der Waals surface area contributed by atoms with Crippen molar-refractivity contribution in [3.05, 3.63) is 84.6 Å². The molecule has 0 unspecified atom stereocenters. The molecular weight excluding hydrogens is 392 g/mol. The quantitative estimate of drug-likeness (QED) is 0.449.